The van der Waals surface area contributed by atoms with Crippen LogP contribution in [0.2, 0.25) is 0 Å². The highest BCUT2D eigenvalue weighted by Gasteiger charge is 2.39. The zero-order chi connectivity index (χ0) is 25.3. The van der Waals surface area contributed by atoms with Gasteiger partial charge in [0.15, 0.2) is 17.6 Å². The molecule has 0 aliphatic heterocycles. The van der Waals surface area contributed by atoms with E-state index in [9.17, 15) is 18.7 Å². The van der Waals surface area contributed by atoms with Gasteiger partial charge in [0.1, 0.15) is 11.9 Å². The molecule has 2 heterocycles. The van der Waals surface area contributed by atoms with Gasteiger partial charge in [-0.3, -0.25) is 9.36 Å². The topological polar surface area (TPSA) is 84.1 Å². The number of nitrogens with zero attached hydrogens (tertiary/aromatic N) is 5. The maximum atomic E-state index is 14.8. The molecule has 0 spiro atoms. The van der Waals surface area contributed by atoms with Gasteiger partial charge in [0.05, 0.1) is 17.8 Å². The van der Waals surface area contributed by atoms with Gasteiger partial charge in [0, 0.05) is 20.2 Å². The van der Waals surface area contributed by atoms with Crippen LogP contribution in [0.15, 0.2) is 41.3 Å². The van der Waals surface area contributed by atoms with E-state index in [0.29, 0.717) is 28.9 Å². The van der Waals surface area contributed by atoms with Crippen molar-refractivity contribution in [3.05, 3.63) is 52.8 Å². The number of benzene rings is 1. The Morgan fingerprint density at radius 2 is 2.00 bits per heavy atom. The van der Waals surface area contributed by atoms with E-state index in [1.807, 2.05) is 11.9 Å². The minimum atomic E-state index is -0.942. The van der Waals surface area contributed by atoms with Crippen molar-refractivity contribution in [3.63, 3.8) is 0 Å². The van der Waals surface area contributed by atoms with Gasteiger partial charge in [0.2, 0.25) is 0 Å². The molecule has 0 radical (unpaired) electrons. The highest BCUT2D eigenvalue weighted by Crippen LogP contribution is 2.43. The summed E-state index contributed by atoms with van der Waals surface area (Å²) in [7, 11) is 3.16. The molecule has 0 saturated heterocycles. The van der Waals surface area contributed by atoms with Crippen molar-refractivity contribution in [1.29, 1.82) is 0 Å². The van der Waals surface area contributed by atoms with Crippen LogP contribution in [0.3, 0.4) is 0 Å². The first kappa shape index (κ1) is 24.8. The number of phenolic OH excluding ortho intramolecular Hbond substituents is 1. The Morgan fingerprint density at radius 1 is 1.23 bits per heavy atom. The summed E-state index contributed by atoms with van der Waals surface area (Å²) in [5.41, 5.74) is 0.798. The molecule has 1 N–H and O–H groups in total. The van der Waals surface area contributed by atoms with Crippen molar-refractivity contribution in [2.45, 2.75) is 58.2 Å². The number of aromatic nitrogens is 4. The Balaban J connectivity index is 1.55. The third-order valence-corrected chi connectivity index (χ3v) is 7.18. The summed E-state index contributed by atoms with van der Waals surface area (Å²) in [5, 5.41) is 19.0. The second-order valence-electron chi connectivity index (χ2n) is 9.83. The monoisotopic (exact) mass is 483 g/mol. The van der Waals surface area contributed by atoms with Crippen molar-refractivity contribution in [1.82, 2.24) is 19.7 Å². The van der Waals surface area contributed by atoms with Crippen molar-refractivity contribution >= 4 is 5.82 Å². The van der Waals surface area contributed by atoms with Gasteiger partial charge in [-0.05, 0) is 60.4 Å². The molecule has 1 fully saturated rings. The lowest BCUT2D eigenvalue weighted by molar-refractivity contribution is 0.102. The Bertz CT molecular complexity index is 1260. The third-order valence-electron chi connectivity index (χ3n) is 7.18. The molecule has 35 heavy (non-hydrogen) atoms. The second-order valence-corrected chi connectivity index (χ2v) is 9.83. The molecule has 186 valence electrons. The van der Waals surface area contributed by atoms with Crippen molar-refractivity contribution < 1.29 is 13.9 Å². The molecule has 0 amide bonds. The van der Waals surface area contributed by atoms with Crippen molar-refractivity contribution in [2.24, 2.45) is 12.5 Å². The number of anilines is 1. The molecular formula is C26H31F2N5O2. The van der Waals surface area contributed by atoms with Crippen LogP contribution in [0.25, 0.3) is 22.5 Å². The average Bonchev–Trinajstić information content (AvgIpc) is 2.83. The summed E-state index contributed by atoms with van der Waals surface area (Å²) in [4.78, 5) is 18.1. The average molecular weight is 484 g/mol. The van der Waals surface area contributed by atoms with E-state index in [4.69, 9.17) is 0 Å². The fourth-order valence-electron chi connectivity index (χ4n) is 5.02. The number of hydrogen-bond acceptors (Lipinski definition) is 6. The third kappa shape index (κ3) is 5.04. The van der Waals surface area contributed by atoms with Gasteiger partial charge in [-0.25, -0.2) is 9.37 Å². The van der Waals surface area contributed by atoms with Gasteiger partial charge < -0.3 is 10.0 Å². The molecule has 3 atom stereocenters. The SMILES string of the molecule is CCC[C@]1(C)CC[C@H](F)[C@H](N(C)c2cnc(-c3ccc(-c4cc(F)n(C)c(=O)c4)cc3O)nn2)C1. The van der Waals surface area contributed by atoms with E-state index in [1.165, 1.54) is 31.4 Å². The van der Waals surface area contributed by atoms with Gasteiger partial charge in [0.25, 0.3) is 5.56 Å². The number of rotatable bonds is 6. The van der Waals surface area contributed by atoms with Crippen LogP contribution in [-0.2, 0) is 7.05 Å². The molecular weight excluding hydrogens is 452 g/mol. The van der Waals surface area contributed by atoms with Gasteiger partial charge in [-0.2, -0.15) is 4.39 Å². The normalized spacial score (nSPS) is 22.2. The van der Waals surface area contributed by atoms with Crippen LogP contribution < -0.4 is 10.5 Å². The van der Waals surface area contributed by atoms with Gasteiger partial charge in [-0.1, -0.05) is 26.3 Å². The summed E-state index contributed by atoms with van der Waals surface area (Å²) in [6.45, 7) is 4.38. The molecule has 4 rings (SSSR count). The fourth-order valence-corrected chi connectivity index (χ4v) is 5.02. The van der Waals surface area contributed by atoms with Crippen molar-refractivity contribution in [2.75, 3.05) is 11.9 Å². The molecule has 9 heteroatoms. The molecule has 0 bridgehead atoms. The number of halogens is 2. The first-order valence-corrected chi connectivity index (χ1v) is 11.9. The Labute approximate surface area is 203 Å². The van der Waals surface area contributed by atoms with Crippen LogP contribution >= 0.6 is 0 Å². The van der Waals surface area contributed by atoms with Crippen LogP contribution in [0, 0.1) is 11.4 Å². The quantitative estimate of drug-likeness (QED) is 0.503. The number of pyridine rings is 1. The van der Waals surface area contributed by atoms with Crippen LogP contribution in [0.5, 0.6) is 5.75 Å². The largest absolute Gasteiger partial charge is 0.507 e. The predicted molar refractivity (Wildman–Crippen MR) is 132 cm³/mol. The van der Waals surface area contributed by atoms with E-state index in [-0.39, 0.29) is 23.0 Å². The molecule has 3 aromatic rings. The van der Waals surface area contributed by atoms with E-state index in [2.05, 4.69) is 29.0 Å². The number of alkyl halides is 1. The molecule has 1 aliphatic carbocycles. The maximum absolute atomic E-state index is 14.8. The highest BCUT2D eigenvalue weighted by molar-refractivity contribution is 5.72. The minimum absolute atomic E-state index is 0.108. The number of hydrogen-bond donors (Lipinski definition) is 1. The van der Waals surface area contributed by atoms with Crippen molar-refractivity contribution in [3.8, 4) is 28.3 Å². The van der Waals surface area contributed by atoms with E-state index in [1.54, 1.807) is 12.1 Å². The fraction of sp³-hybridized carbons (Fsp3) is 0.462. The molecule has 2 aromatic heterocycles. The summed E-state index contributed by atoms with van der Waals surface area (Å²) in [5.74, 6) is -0.129. The lowest BCUT2D eigenvalue weighted by Gasteiger charge is -2.43. The molecule has 1 aliphatic rings. The summed E-state index contributed by atoms with van der Waals surface area (Å²) in [6.07, 6.45) is 4.88. The Kier molecular flexibility index (Phi) is 6.87. The molecule has 1 aromatic carbocycles. The first-order chi connectivity index (χ1) is 16.6. The van der Waals surface area contributed by atoms with E-state index < -0.39 is 17.7 Å². The lowest BCUT2D eigenvalue weighted by Crippen LogP contribution is -2.47. The molecule has 1 saturated carbocycles. The second kappa shape index (κ2) is 9.71. The summed E-state index contributed by atoms with van der Waals surface area (Å²) in [6, 6.07) is 6.90. The number of aromatic hydroxyl groups is 1. The Morgan fingerprint density at radius 3 is 2.63 bits per heavy atom. The van der Waals surface area contributed by atoms with Crippen LogP contribution in [-0.4, -0.2) is 44.1 Å². The van der Waals surface area contributed by atoms with Crippen LogP contribution in [0.1, 0.15) is 46.0 Å². The standard InChI is InChI=1S/C26H31F2N5O2/c1-5-9-26(2)10-8-19(27)20(14-26)32(3)23-15-29-25(31-30-23)18-7-6-16(11-21(18)34)17-12-22(28)33(4)24(35)13-17/h6-7,11-13,15,19-20,34H,5,8-10,14H2,1-4H3/t19-,20+,26+/m0/s1. The molecule has 7 nitrogen and oxygen atoms in total. The minimum Gasteiger partial charge on any atom is -0.507 e. The first-order valence-electron chi connectivity index (χ1n) is 11.9. The Hall–Kier alpha value is -3.36. The molecule has 0 unspecified atom stereocenters. The van der Waals surface area contributed by atoms with E-state index in [0.717, 1.165) is 30.3 Å². The number of phenols is 1. The highest BCUT2D eigenvalue weighted by atomic mass is 19.1. The van der Waals surface area contributed by atoms with Gasteiger partial charge in [-0.15, -0.1) is 10.2 Å². The zero-order valence-electron chi connectivity index (χ0n) is 20.5. The zero-order valence-corrected chi connectivity index (χ0v) is 20.5. The smallest absolute Gasteiger partial charge is 0.253 e. The lowest BCUT2D eigenvalue weighted by atomic mass is 9.70. The maximum Gasteiger partial charge on any atom is 0.253 e. The summed E-state index contributed by atoms with van der Waals surface area (Å²) < 4.78 is 29.7. The van der Waals surface area contributed by atoms with Crippen LogP contribution in [0.4, 0.5) is 14.6 Å². The van der Waals surface area contributed by atoms with E-state index >= 15 is 0 Å². The van der Waals surface area contributed by atoms with Gasteiger partial charge >= 0.3 is 0 Å². The summed E-state index contributed by atoms with van der Waals surface area (Å²) >= 11 is 0. The predicted octanol–water partition coefficient (Wildman–Crippen LogP) is 4.88.